The van der Waals surface area contributed by atoms with Crippen molar-refractivity contribution in [3.63, 3.8) is 0 Å². The fourth-order valence-corrected chi connectivity index (χ4v) is 1.90. The van der Waals surface area contributed by atoms with Crippen molar-refractivity contribution in [2.24, 2.45) is 0 Å². The van der Waals surface area contributed by atoms with Crippen molar-refractivity contribution in [3.8, 4) is 0 Å². The lowest BCUT2D eigenvalue weighted by atomic mass is 10.1. The molecule has 2 rings (SSSR count). The van der Waals surface area contributed by atoms with Crippen LogP contribution >= 0.6 is 0 Å². The minimum Gasteiger partial charge on any atom is -0.389 e. The highest BCUT2D eigenvalue weighted by Crippen LogP contribution is 2.21. The molecule has 2 heterocycles. The fraction of sp³-hybridized carbons (Fsp3) is 0.583. The summed E-state index contributed by atoms with van der Waals surface area (Å²) in [5, 5.41) is 9.52. The fourth-order valence-electron chi connectivity index (χ4n) is 1.90. The third kappa shape index (κ3) is 2.33. The van der Waals surface area contributed by atoms with Gasteiger partial charge in [-0.3, -0.25) is 0 Å². The maximum atomic E-state index is 9.52. The van der Waals surface area contributed by atoms with Gasteiger partial charge in [-0.1, -0.05) is 0 Å². The van der Waals surface area contributed by atoms with Gasteiger partial charge in [0, 0.05) is 19.9 Å². The normalized spacial score (nSPS) is 22.1. The van der Waals surface area contributed by atoms with E-state index in [4.69, 9.17) is 4.74 Å². The van der Waals surface area contributed by atoms with Crippen LogP contribution in [0.3, 0.4) is 0 Å². The van der Waals surface area contributed by atoms with Gasteiger partial charge >= 0.3 is 0 Å². The Labute approximate surface area is 95.9 Å². The highest BCUT2D eigenvalue weighted by atomic mass is 16.5. The zero-order valence-corrected chi connectivity index (χ0v) is 9.76. The minimum atomic E-state index is -0.449. The molecule has 1 aromatic heterocycles. The second-order valence-electron chi connectivity index (χ2n) is 4.25. The first-order valence-corrected chi connectivity index (χ1v) is 5.63. The zero-order chi connectivity index (χ0) is 11.5. The van der Waals surface area contributed by atoms with Crippen molar-refractivity contribution in [1.29, 1.82) is 0 Å². The summed E-state index contributed by atoms with van der Waals surface area (Å²) in [7, 11) is 2.02. The molecule has 1 saturated heterocycles. The number of pyridine rings is 1. The molecule has 4 heteroatoms. The van der Waals surface area contributed by atoms with E-state index in [0.29, 0.717) is 6.04 Å². The first-order valence-electron chi connectivity index (χ1n) is 5.63. The average Bonchev–Trinajstić information content (AvgIpc) is 2.81. The molecule has 0 aliphatic carbocycles. The molecule has 1 aliphatic heterocycles. The van der Waals surface area contributed by atoms with Gasteiger partial charge in [-0.15, -0.1) is 0 Å². The molecule has 88 valence electrons. The third-order valence-electron chi connectivity index (χ3n) is 3.07. The summed E-state index contributed by atoms with van der Waals surface area (Å²) in [6.45, 7) is 3.35. The Kier molecular flexibility index (Phi) is 3.41. The van der Waals surface area contributed by atoms with Crippen LogP contribution in [0.4, 0.5) is 5.82 Å². The van der Waals surface area contributed by atoms with Gasteiger partial charge in [0.2, 0.25) is 0 Å². The van der Waals surface area contributed by atoms with Gasteiger partial charge in [-0.25, -0.2) is 4.98 Å². The van der Waals surface area contributed by atoms with Crippen molar-refractivity contribution < 1.29 is 9.84 Å². The summed E-state index contributed by atoms with van der Waals surface area (Å²) in [5.74, 6) is 0.897. The summed E-state index contributed by atoms with van der Waals surface area (Å²) < 4.78 is 5.36. The van der Waals surface area contributed by atoms with Crippen LogP contribution in [0.15, 0.2) is 18.3 Å². The molecule has 0 radical (unpaired) electrons. The van der Waals surface area contributed by atoms with Crippen LogP contribution in [-0.4, -0.2) is 36.4 Å². The number of ether oxygens (including phenoxy) is 1. The van der Waals surface area contributed by atoms with E-state index in [0.717, 1.165) is 31.0 Å². The molecule has 1 unspecified atom stereocenters. The number of rotatable bonds is 3. The summed E-state index contributed by atoms with van der Waals surface area (Å²) >= 11 is 0. The van der Waals surface area contributed by atoms with Gasteiger partial charge in [0.15, 0.2) is 0 Å². The zero-order valence-electron chi connectivity index (χ0n) is 9.76. The molecule has 1 N–H and O–H groups in total. The van der Waals surface area contributed by atoms with Gasteiger partial charge in [-0.05, 0) is 31.0 Å². The number of nitrogens with zero attached hydrogens (tertiary/aromatic N) is 2. The molecule has 4 nitrogen and oxygen atoms in total. The van der Waals surface area contributed by atoms with Crippen LogP contribution in [0.1, 0.15) is 25.0 Å². The Morgan fingerprint density at radius 2 is 2.44 bits per heavy atom. The third-order valence-corrected chi connectivity index (χ3v) is 3.07. The van der Waals surface area contributed by atoms with E-state index in [1.165, 1.54) is 0 Å². The first-order chi connectivity index (χ1) is 7.68. The lowest BCUT2D eigenvalue weighted by molar-refractivity contribution is 0.193. The molecule has 16 heavy (non-hydrogen) atoms. The Morgan fingerprint density at radius 3 is 3.06 bits per heavy atom. The van der Waals surface area contributed by atoms with Crippen LogP contribution < -0.4 is 4.90 Å². The maximum Gasteiger partial charge on any atom is 0.128 e. The van der Waals surface area contributed by atoms with Gasteiger partial charge in [-0.2, -0.15) is 0 Å². The highest BCUT2D eigenvalue weighted by Gasteiger charge is 2.21. The van der Waals surface area contributed by atoms with E-state index in [1.54, 1.807) is 13.1 Å². The van der Waals surface area contributed by atoms with E-state index in [2.05, 4.69) is 9.88 Å². The number of anilines is 1. The van der Waals surface area contributed by atoms with Gasteiger partial charge in [0.25, 0.3) is 0 Å². The Hall–Kier alpha value is -1.13. The Bertz CT molecular complexity index is 349. The summed E-state index contributed by atoms with van der Waals surface area (Å²) in [6.07, 6.45) is 2.33. The molecule has 0 saturated carbocycles. The van der Waals surface area contributed by atoms with Crippen LogP contribution in [0.5, 0.6) is 0 Å². The van der Waals surface area contributed by atoms with Crippen LogP contribution in [0.25, 0.3) is 0 Å². The number of hydrogen-bond donors (Lipinski definition) is 1. The Balaban J connectivity index is 2.15. The number of hydrogen-bond acceptors (Lipinski definition) is 4. The second-order valence-corrected chi connectivity index (χ2v) is 4.25. The monoisotopic (exact) mass is 222 g/mol. The molecular weight excluding hydrogens is 204 g/mol. The molecule has 1 aromatic rings. The molecule has 0 aromatic carbocycles. The SMILES string of the molecule is C[C@H](O)c1ccnc(N(C)C2CCOC2)c1. The van der Waals surface area contributed by atoms with Crippen LogP contribution in [-0.2, 0) is 4.74 Å². The molecule has 1 aliphatic rings. The molecule has 0 spiro atoms. The van der Waals surface area contributed by atoms with Crippen molar-refractivity contribution in [3.05, 3.63) is 23.9 Å². The smallest absolute Gasteiger partial charge is 0.128 e. The largest absolute Gasteiger partial charge is 0.389 e. The minimum absolute atomic E-state index is 0.400. The summed E-state index contributed by atoms with van der Waals surface area (Å²) in [4.78, 5) is 6.45. The predicted octanol–water partition coefficient (Wildman–Crippen LogP) is 1.36. The first kappa shape index (κ1) is 11.4. The van der Waals surface area contributed by atoms with E-state index in [-0.39, 0.29) is 0 Å². The summed E-state index contributed by atoms with van der Waals surface area (Å²) in [5.41, 5.74) is 0.899. The second kappa shape index (κ2) is 4.80. The molecule has 2 atom stereocenters. The van der Waals surface area contributed by atoms with Crippen molar-refractivity contribution in [1.82, 2.24) is 4.98 Å². The van der Waals surface area contributed by atoms with Gasteiger partial charge in [0.05, 0.1) is 18.8 Å². The Morgan fingerprint density at radius 1 is 1.62 bits per heavy atom. The summed E-state index contributed by atoms with van der Waals surface area (Å²) in [6, 6.07) is 4.17. The number of likely N-dealkylation sites (N-methyl/N-ethyl adjacent to an activating group) is 1. The number of aromatic nitrogens is 1. The average molecular weight is 222 g/mol. The number of aliphatic hydroxyl groups excluding tert-OH is 1. The van der Waals surface area contributed by atoms with E-state index in [1.807, 2.05) is 19.2 Å². The standard InChI is InChI=1S/C12H18N2O2/c1-9(15)10-3-5-13-12(7-10)14(2)11-4-6-16-8-11/h3,5,7,9,11,15H,4,6,8H2,1-2H3/t9-,11?/m0/s1. The highest BCUT2D eigenvalue weighted by molar-refractivity contribution is 5.42. The van der Waals surface area contributed by atoms with Crippen LogP contribution in [0, 0.1) is 0 Å². The lowest BCUT2D eigenvalue weighted by Crippen LogP contribution is -2.32. The van der Waals surface area contributed by atoms with Gasteiger partial charge in [0.1, 0.15) is 5.82 Å². The van der Waals surface area contributed by atoms with Crippen molar-refractivity contribution in [2.75, 3.05) is 25.2 Å². The topological polar surface area (TPSA) is 45.6 Å². The number of aliphatic hydroxyl groups is 1. The molecule has 1 fully saturated rings. The van der Waals surface area contributed by atoms with Crippen molar-refractivity contribution in [2.45, 2.75) is 25.5 Å². The van der Waals surface area contributed by atoms with E-state index >= 15 is 0 Å². The van der Waals surface area contributed by atoms with Gasteiger partial charge < -0.3 is 14.7 Å². The van der Waals surface area contributed by atoms with Crippen molar-refractivity contribution >= 4 is 5.82 Å². The predicted molar refractivity (Wildman–Crippen MR) is 62.5 cm³/mol. The molecule has 0 bridgehead atoms. The van der Waals surface area contributed by atoms with Crippen LogP contribution in [0.2, 0.25) is 0 Å². The van der Waals surface area contributed by atoms with E-state index < -0.39 is 6.10 Å². The lowest BCUT2D eigenvalue weighted by Gasteiger charge is -2.24. The quantitative estimate of drug-likeness (QED) is 0.838. The maximum absolute atomic E-state index is 9.52. The molecular formula is C12H18N2O2. The molecule has 0 amide bonds. The van der Waals surface area contributed by atoms with E-state index in [9.17, 15) is 5.11 Å².